The fourth-order valence-corrected chi connectivity index (χ4v) is 4.71. The molecule has 2 unspecified atom stereocenters. The smallest absolute Gasteiger partial charge is 0.256 e. The van der Waals surface area contributed by atoms with E-state index in [1.807, 2.05) is 55.5 Å². The van der Waals surface area contributed by atoms with Crippen molar-refractivity contribution in [3.63, 3.8) is 0 Å². The molecule has 7 heteroatoms. The molecule has 0 spiro atoms. The van der Waals surface area contributed by atoms with E-state index in [2.05, 4.69) is 6.92 Å². The third-order valence-corrected chi connectivity index (χ3v) is 6.82. The quantitative estimate of drug-likeness (QED) is 0.317. The van der Waals surface area contributed by atoms with Crippen molar-refractivity contribution in [2.75, 3.05) is 6.54 Å². The highest BCUT2D eigenvalue weighted by molar-refractivity contribution is 5.99. The van der Waals surface area contributed by atoms with Crippen molar-refractivity contribution in [1.82, 2.24) is 9.88 Å². The van der Waals surface area contributed by atoms with E-state index in [4.69, 9.17) is 10.7 Å². The number of nitrogens with two attached hydrogens (primary N) is 1. The van der Waals surface area contributed by atoms with Crippen LogP contribution in [0.4, 0.5) is 8.78 Å². The maximum Gasteiger partial charge on any atom is 0.256 e. The van der Waals surface area contributed by atoms with Crippen LogP contribution in [-0.4, -0.2) is 39.6 Å². The van der Waals surface area contributed by atoms with Crippen molar-refractivity contribution in [1.29, 1.82) is 0 Å². The van der Waals surface area contributed by atoms with Gasteiger partial charge in [-0.15, -0.1) is 0 Å². The van der Waals surface area contributed by atoms with Crippen molar-refractivity contribution in [2.45, 2.75) is 52.3 Å². The number of carbonyl (C=O) groups excluding carboxylic acids is 1. The molecule has 1 amide bonds. The molecular formula is C31H33F2N3O2. The summed E-state index contributed by atoms with van der Waals surface area (Å²) in [5.41, 5.74) is 11.6. The predicted octanol–water partition coefficient (Wildman–Crippen LogP) is 5.27. The Balaban J connectivity index is 1.63. The molecule has 2 atom stereocenters. The molecule has 198 valence electrons. The van der Waals surface area contributed by atoms with Crippen molar-refractivity contribution in [3.8, 4) is 0 Å². The number of hydrogen-bond donors (Lipinski definition) is 2. The first-order valence-electron chi connectivity index (χ1n) is 12.8. The van der Waals surface area contributed by atoms with Crippen LogP contribution in [0, 0.1) is 25.5 Å². The van der Waals surface area contributed by atoms with Gasteiger partial charge in [0.2, 0.25) is 0 Å². The van der Waals surface area contributed by atoms with E-state index in [1.165, 1.54) is 12.1 Å². The minimum absolute atomic E-state index is 0.0546. The summed E-state index contributed by atoms with van der Waals surface area (Å²) in [4.78, 5) is 20.2. The number of nitrogens with zero attached hydrogens (tertiary/aromatic N) is 2. The van der Waals surface area contributed by atoms with Gasteiger partial charge in [0.15, 0.2) is 0 Å². The van der Waals surface area contributed by atoms with Gasteiger partial charge >= 0.3 is 0 Å². The summed E-state index contributed by atoms with van der Waals surface area (Å²) >= 11 is 0. The van der Waals surface area contributed by atoms with Crippen molar-refractivity contribution in [2.24, 2.45) is 5.73 Å². The number of aliphatic hydroxyl groups is 1. The Hall–Kier alpha value is -3.68. The minimum Gasteiger partial charge on any atom is -0.390 e. The highest BCUT2D eigenvalue weighted by Gasteiger charge is 2.25. The second-order valence-corrected chi connectivity index (χ2v) is 9.84. The molecule has 1 heterocycles. The first-order chi connectivity index (χ1) is 18.1. The molecule has 3 aromatic carbocycles. The van der Waals surface area contributed by atoms with E-state index < -0.39 is 23.8 Å². The second kappa shape index (κ2) is 11.8. The average Bonchev–Trinajstić information content (AvgIpc) is 2.87. The minimum atomic E-state index is -1.13. The fraction of sp³-hybridized carbons (Fsp3) is 0.290. The van der Waals surface area contributed by atoms with Gasteiger partial charge in [0.25, 0.3) is 5.91 Å². The van der Waals surface area contributed by atoms with Crippen LogP contribution < -0.4 is 5.73 Å². The molecule has 1 aromatic heterocycles. The molecule has 0 radical (unpaired) electrons. The van der Waals surface area contributed by atoms with Crippen LogP contribution >= 0.6 is 0 Å². The van der Waals surface area contributed by atoms with Gasteiger partial charge in [0, 0.05) is 30.6 Å². The van der Waals surface area contributed by atoms with E-state index in [-0.39, 0.29) is 25.4 Å². The summed E-state index contributed by atoms with van der Waals surface area (Å²) < 4.78 is 27.3. The van der Waals surface area contributed by atoms with Gasteiger partial charge in [-0.1, -0.05) is 49.4 Å². The topological polar surface area (TPSA) is 79.5 Å². The van der Waals surface area contributed by atoms with Crippen molar-refractivity contribution in [3.05, 3.63) is 112 Å². The lowest BCUT2D eigenvalue weighted by molar-refractivity contribution is 0.0553. The zero-order valence-corrected chi connectivity index (χ0v) is 21.9. The zero-order chi connectivity index (χ0) is 27.4. The van der Waals surface area contributed by atoms with E-state index in [0.717, 1.165) is 40.1 Å². The van der Waals surface area contributed by atoms with Crippen LogP contribution in [-0.2, 0) is 19.4 Å². The summed E-state index contributed by atoms with van der Waals surface area (Å²) in [6.07, 6.45) is -0.221. The predicted molar refractivity (Wildman–Crippen MR) is 146 cm³/mol. The van der Waals surface area contributed by atoms with Crippen LogP contribution in [0.2, 0.25) is 0 Å². The highest BCUT2D eigenvalue weighted by Crippen LogP contribution is 2.22. The SMILES string of the molecule is CCc1cccc(CN(CC(O)C(N)Cc2cc(F)cc(F)c2)C(=O)c2cc3cccc(C)c3nc2C)c1. The van der Waals surface area contributed by atoms with Gasteiger partial charge in [-0.2, -0.15) is 0 Å². The van der Waals surface area contributed by atoms with Gasteiger partial charge in [0.05, 0.1) is 22.9 Å². The lowest BCUT2D eigenvalue weighted by Gasteiger charge is -2.29. The normalized spacial score (nSPS) is 12.9. The molecule has 0 saturated carbocycles. The van der Waals surface area contributed by atoms with Gasteiger partial charge < -0.3 is 15.7 Å². The molecule has 0 aliphatic carbocycles. The Labute approximate surface area is 221 Å². The van der Waals surface area contributed by atoms with Crippen molar-refractivity contribution >= 4 is 16.8 Å². The molecule has 0 aliphatic rings. The summed E-state index contributed by atoms with van der Waals surface area (Å²) in [5.74, 6) is -1.68. The van der Waals surface area contributed by atoms with Crippen LogP contribution in [0.1, 0.15) is 45.2 Å². The van der Waals surface area contributed by atoms with E-state index >= 15 is 0 Å². The Morgan fingerprint density at radius 2 is 1.66 bits per heavy atom. The lowest BCUT2D eigenvalue weighted by atomic mass is 10.0. The molecule has 38 heavy (non-hydrogen) atoms. The number of pyridine rings is 1. The molecule has 0 bridgehead atoms. The molecule has 0 aliphatic heterocycles. The van der Waals surface area contributed by atoms with E-state index in [1.54, 1.807) is 11.8 Å². The number of hydrogen-bond acceptors (Lipinski definition) is 4. The Morgan fingerprint density at radius 3 is 2.37 bits per heavy atom. The van der Waals surface area contributed by atoms with Crippen LogP contribution in [0.3, 0.4) is 0 Å². The number of amides is 1. The Morgan fingerprint density at radius 1 is 0.974 bits per heavy atom. The molecule has 3 N–H and O–H groups in total. The Kier molecular flexibility index (Phi) is 8.49. The summed E-state index contributed by atoms with van der Waals surface area (Å²) in [6.45, 7) is 6.04. The summed E-state index contributed by atoms with van der Waals surface area (Å²) in [7, 11) is 0. The number of benzene rings is 3. The lowest BCUT2D eigenvalue weighted by Crippen LogP contribution is -2.46. The number of rotatable bonds is 9. The number of aliphatic hydroxyl groups excluding tert-OH is 1. The molecule has 5 nitrogen and oxygen atoms in total. The molecule has 4 aromatic rings. The highest BCUT2D eigenvalue weighted by atomic mass is 19.1. The number of halogens is 2. The number of carbonyl (C=O) groups is 1. The van der Waals surface area contributed by atoms with Gasteiger partial charge in [-0.05, 0) is 67.1 Å². The second-order valence-electron chi connectivity index (χ2n) is 9.84. The largest absolute Gasteiger partial charge is 0.390 e. The van der Waals surface area contributed by atoms with E-state index in [0.29, 0.717) is 16.8 Å². The number of aromatic nitrogens is 1. The Bertz CT molecular complexity index is 1440. The summed E-state index contributed by atoms with van der Waals surface area (Å²) in [5, 5.41) is 11.9. The first-order valence-corrected chi connectivity index (χ1v) is 12.8. The maximum absolute atomic E-state index is 13.9. The van der Waals surface area contributed by atoms with Crippen molar-refractivity contribution < 1.29 is 18.7 Å². The first kappa shape index (κ1) is 27.4. The maximum atomic E-state index is 13.9. The third-order valence-electron chi connectivity index (χ3n) is 6.82. The van der Waals surface area contributed by atoms with Crippen LogP contribution in [0.25, 0.3) is 10.9 Å². The number of para-hydroxylation sites is 1. The third kappa shape index (κ3) is 6.41. The molecule has 0 saturated heterocycles. The number of aryl methyl sites for hydroxylation is 3. The van der Waals surface area contributed by atoms with Crippen LogP contribution in [0.15, 0.2) is 66.7 Å². The van der Waals surface area contributed by atoms with Gasteiger partial charge in [0.1, 0.15) is 11.6 Å². The standard InChI is InChI=1S/C31H33F2N3O2/c1-4-21-8-6-9-22(11-21)17-36(18-29(37)28(34)14-23-12-25(32)16-26(33)13-23)31(38)27-15-24-10-5-7-19(2)30(24)35-20(27)3/h5-13,15-16,28-29,37H,4,14,17-18,34H2,1-3H3. The zero-order valence-electron chi connectivity index (χ0n) is 21.9. The van der Waals surface area contributed by atoms with E-state index in [9.17, 15) is 18.7 Å². The summed E-state index contributed by atoms with van der Waals surface area (Å²) in [6, 6.07) is 18.0. The number of fused-ring (bicyclic) bond motifs is 1. The average molecular weight is 518 g/mol. The van der Waals surface area contributed by atoms with Crippen LogP contribution in [0.5, 0.6) is 0 Å². The van der Waals surface area contributed by atoms with Gasteiger partial charge in [-0.25, -0.2) is 8.78 Å². The fourth-order valence-electron chi connectivity index (χ4n) is 4.71. The molecular weight excluding hydrogens is 484 g/mol. The van der Waals surface area contributed by atoms with Gasteiger partial charge in [-0.3, -0.25) is 9.78 Å². The monoisotopic (exact) mass is 517 g/mol. The molecule has 4 rings (SSSR count). The molecule has 0 fully saturated rings.